The molecule has 50 heavy (non-hydrogen) atoms. The Balaban J connectivity index is 1.34. The van der Waals surface area contributed by atoms with Gasteiger partial charge in [-0.05, 0) is 89.5 Å². The lowest BCUT2D eigenvalue weighted by Crippen LogP contribution is -2.51. The first-order chi connectivity index (χ1) is 24.1. The van der Waals surface area contributed by atoms with Crippen LogP contribution in [-0.2, 0) is 39.1 Å². The van der Waals surface area contributed by atoms with Crippen LogP contribution in [-0.4, -0.2) is 44.9 Å². The van der Waals surface area contributed by atoms with Gasteiger partial charge in [0.2, 0.25) is 5.91 Å². The summed E-state index contributed by atoms with van der Waals surface area (Å²) in [6.07, 6.45) is 0.190. The molecule has 5 rings (SSSR count). The highest BCUT2D eigenvalue weighted by Gasteiger charge is 2.31. The van der Waals surface area contributed by atoms with Crippen LogP contribution in [0.2, 0.25) is 0 Å². The Bertz CT molecular complexity index is 1980. The molecular formula is C38H35F2N3O6S. The van der Waals surface area contributed by atoms with Crippen molar-refractivity contribution in [1.82, 2.24) is 10.2 Å². The lowest BCUT2D eigenvalue weighted by Gasteiger charge is -2.31. The number of halogens is 2. The van der Waals surface area contributed by atoms with Crippen molar-refractivity contribution in [3.8, 4) is 11.5 Å². The maximum atomic E-state index is 13.9. The highest BCUT2D eigenvalue weighted by molar-refractivity contribution is 7.92. The molecular weight excluding hydrogens is 664 g/mol. The first-order valence-corrected chi connectivity index (χ1v) is 17.1. The molecule has 1 atom stereocenters. The number of carbonyl (C=O) groups excluding carboxylic acids is 2. The molecule has 0 fully saturated rings. The Morgan fingerprint density at radius 3 is 1.92 bits per heavy atom. The van der Waals surface area contributed by atoms with Crippen molar-refractivity contribution in [2.45, 2.75) is 30.4 Å². The molecule has 5 aromatic carbocycles. The van der Waals surface area contributed by atoms with Gasteiger partial charge >= 0.3 is 0 Å². The molecule has 2 amide bonds. The molecule has 0 saturated heterocycles. The van der Waals surface area contributed by atoms with E-state index in [1.165, 1.54) is 53.4 Å². The molecule has 0 spiro atoms. The maximum absolute atomic E-state index is 13.9. The number of nitrogens with zero attached hydrogens (tertiary/aromatic N) is 1. The van der Waals surface area contributed by atoms with Gasteiger partial charge in [0.1, 0.15) is 29.2 Å². The topological polar surface area (TPSA) is 114 Å². The summed E-state index contributed by atoms with van der Waals surface area (Å²) in [5.74, 6) is -0.972. The molecule has 0 aliphatic heterocycles. The first-order valence-electron chi connectivity index (χ1n) is 15.6. The van der Waals surface area contributed by atoms with Crippen molar-refractivity contribution in [3.63, 3.8) is 0 Å². The monoisotopic (exact) mass is 699 g/mol. The minimum Gasteiger partial charge on any atom is -0.497 e. The van der Waals surface area contributed by atoms with Crippen LogP contribution in [0.3, 0.4) is 0 Å². The molecule has 0 aromatic heterocycles. The van der Waals surface area contributed by atoms with Gasteiger partial charge in [-0.25, -0.2) is 17.2 Å². The van der Waals surface area contributed by atoms with E-state index >= 15 is 0 Å². The predicted molar refractivity (Wildman–Crippen MR) is 185 cm³/mol. The molecule has 0 aliphatic rings. The SMILES string of the molecule is COc1ccc(CNC(=O)C(Cc2ccccc2)N(Cc2ccc(F)cc2)C(=O)COc2ccc(S(=O)(=O)Nc3ccc(F)cc3)cc2)cc1. The van der Waals surface area contributed by atoms with E-state index in [-0.39, 0.29) is 35.8 Å². The number of carbonyl (C=O) groups is 2. The minimum atomic E-state index is -3.99. The van der Waals surface area contributed by atoms with Crippen molar-refractivity contribution in [1.29, 1.82) is 0 Å². The van der Waals surface area contributed by atoms with Gasteiger partial charge in [-0.3, -0.25) is 14.3 Å². The molecule has 0 heterocycles. The molecule has 258 valence electrons. The predicted octanol–water partition coefficient (Wildman–Crippen LogP) is 6.11. The van der Waals surface area contributed by atoms with Crippen LogP contribution >= 0.6 is 0 Å². The minimum absolute atomic E-state index is 0.0117. The molecule has 0 aliphatic carbocycles. The summed E-state index contributed by atoms with van der Waals surface area (Å²) in [7, 11) is -2.42. The van der Waals surface area contributed by atoms with E-state index < -0.39 is 46.1 Å². The summed E-state index contributed by atoms with van der Waals surface area (Å²) >= 11 is 0. The third-order valence-corrected chi connectivity index (χ3v) is 9.15. The van der Waals surface area contributed by atoms with Crippen LogP contribution in [0, 0.1) is 11.6 Å². The number of ether oxygens (including phenoxy) is 2. The molecule has 0 radical (unpaired) electrons. The lowest BCUT2D eigenvalue weighted by molar-refractivity contribution is -0.142. The zero-order valence-corrected chi connectivity index (χ0v) is 27.9. The summed E-state index contributed by atoms with van der Waals surface area (Å²) in [5, 5.41) is 2.95. The number of hydrogen-bond donors (Lipinski definition) is 2. The number of hydrogen-bond acceptors (Lipinski definition) is 6. The van der Waals surface area contributed by atoms with Gasteiger partial charge in [-0.1, -0.05) is 54.6 Å². The smallest absolute Gasteiger partial charge is 0.261 e. The number of methoxy groups -OCH3 is 1. The highest BCUT2D eigenvalue weighted by Crippen LogP contribution is 2.21. The quantitative estimate of drug-likeness (QED) is 0.136. The van der Waals surface area contributed by atoms with Crippen molar-refractivity contribution >= 4 is 27.5 Å². The van der Waals surface area contributed by atoms with Gasteiger partial charge in [-0.2, -0.15) is 0 Å². The van der Waals surface area contributed by atoms with Gasteiger partial charge in [0.15, 0.2) is 6.61 Å². The van der Waals surface area contributed by atoms with Crippen LogP contribution < -0.4 is 19.5 Å². The molecule has 2 N–H and O–H groups in total. The average Bonchev–Trinajstić information content (AvgIpc) is 3.13. The van der Waals surface area contributed by atoms with Gasteiger partial charge in [0.05, 0.1) is 12.0 Å². The van der Waals surface area contributed by atoms with E-state index in [1.807, 2.05) is 42.5 Å². The number of nitrogens with one attached hydrogen (secondary N) is 2. The van der Waals surface area contributed by atoms with Crippen molar-refractivity contribution in [2.75, 3.05) is 18.4 Å². The van der Waals surface area contributed by atoms with Crippen LogP contribution in [0.25, 0.3) is 0 Å². The van der Waals surface area contributed by atoms with Crippen molar-refractivity contribution < 1.29 is 36.3 Å². The van der Waals surface area contributed by atoms with E-state index in [4.69, 9.17) is 9.47 Å². The number of rotatable bonds is 15. The average molecular weight is 700 g/mol. The summed E-state index contributed by atoms with van der Waals surface area (Å²) in [6, 6.07) is 31.5. The largest absolute Gasteiger partial charge is 0.497 e. The molecule has 9 nitrogen and oxygen atoms in total. The van der Waals surface area contributed by atoms with E-state index in [1.54, 1.807) is 31.4 Å². The zero-order chi connectivity index (χ0) is 35.5. The Kier molecular flexibility index (Phi) is 11.8. The van der Waals surface area contributed by atoms with Crippen molar-refractivity contribution in [3.05, 3.63) is 156 Å². The molecule has 0 bridgehead atoms. The van der Waals surface area contributed by atoms with Crippen molar-refractivity contribution in [2.24, 2.45) is 0 Å². The van der Waals surface area contributed by atoms with E-state index in [9.17, 15) is 26.8 Å². The van der Waals surface area contributed by atoms with E-state index in [2.05, 4.69) is 10.0 Å². The van der Waals surface area contributed by atoms with E-state index in [0.29, 0.717) is 11.3 Å². The van der Waals surface area contributed by atoms with E-state index in [0.717, 1.165) is 23.3 Å². The third kappa shape index (κ3) is 9.89. The Labute approximate surface area is 289 Å². The Hall–Kier alpha value is -5.75. The third-order valence-electron chi connectivity index (χ3n) is 7.76. The second-order valence-corrected chi connectivity index (χ2v) is 13.0. The summed E-state index contributed by atoms with van der Waals surface area (Å²) < 4.78 is 66.1. The number of sulfonamides is 1. The highest BCUT2D eigenvalue weighted by atomic mass is 32.2. The van der Waals surface area contributed by atoms with Gasteiger partial charge in [-0.15, -0.1) is 0 Å². The van der Waals surface area contributed by atoms with Crippen LogP contribution in [0.15, 0.2) is 132 Å². The fourth-order valence-electron chi connectivity index (χ4n) is 5.07. The number of amides is 2. The number of anilines is 1. The molecule has 12 heteroatoms. The molecule has 0 saturated carbocycles. The van der Waals surface area contributed by atoms with Gasteiger partial charge in [0.25, 0.3) is 15.9 Å². The molecule has 1 unspecified atom stereocenters. The Morgan fingerprint density at radius 2 is 1.30 bits per heavy atom. The summed E-state index contributed by atoms with van der Waals surface area (Å²) in [6.45, 7) is -0.283. The summed E-state index contributed by atoms with van der Waals surface area (Å²) in [5.41, 5.74) is 2.44. The summed E-state index contributed by atoms with van der Waals surface area (Å²) in [4.78, 5) is 29.1. The second kappa shape index (κ2) is 16.6. The Morgan fingerprint density at radius 1 is 0.720 bits per heavy atom. The normalized spacial score (nSPS) is 11.7. The lowest BCUT2D eigenvalue weighted by atomic mass is 10.0. The van der Waals surface area contributed by atoms with Gasteiger partial charge < -0.3 is 19.7 Å². The van der Waals surface area contributed by atoms with Gasteiger partial charge in [0, 0.05) is 25.2 Å². The van der Waals surface area contributed by atoms with Crippen LogP contribution in [0.5, 0.6) is 11.5 Å². The van der Waals surface area contributed by atoms with Crippen LogP contribution in [0.1, 0.15) is 16.7 Å². The molecule has 5 aromatic rings. The fraction of sp³-hybridized carbons (Fsp3) is 0.158. The standard InChI is InChI=1S/C38H35F2N3O6S/c1-48-33-17-9-28(10-18-33)24-41-38(45)36(23-27-5-3-2-4-6-27)43(25-29-7-11-30(39)12-8-29)37(44)26-49-34-19-21-35(22-20-34)50(46,47)42-32-15-13-31(40)14-16-32/h2-22,36,42H,23-26H2,1H3,(H,41,45). The maximum Gasteiger partial charge on any atom is 0.261 e. The first kappa shape index (κ1) is 35.6. The zero-order valence-electron chi connectivity index (χ0n) is 27.1. The fourth-order valence-corrected chi connectivity index (χ4v) is 6.12. The second-order valence-electron chi connectivity index (χ2n) is 11.3. The number of benzene rings is 5. The van der Waals surface area contributed by atoms with Crippen LogP contribution in [0.4, 0.5) is 14.5 Å².